The second-order valence-corrected chi connectivity index (χ2v) is 8.24. The smallest absolute Gasteiger partial charge is 0.287 e. The fourth-order valence-electron chi connectivity index (χ4n) is 3.38. The third-order valence-corrected chi connectivity index (χ3v) is 5.12. The van der Waals surface area contributed by atoms with Crippen LogP contribution in [0, 0.1) is 0 Å². The van der Waals surface area contributed by atoms with Crippen molar-refractivity contribution in [2.75, 3.05) is 43.1 Å². The van der Waals surface area contributed by atoms with Crippen molar-refractivity contribution in [2.45, 2.75) is 0 Å². The average Bonchev–Trinajstić information content (AvgIpc) is 3.44. The molecule has 0 saturated heterocycles. The minimum atomic E-state index is -0.456. The lowest BCUT2D eigenvalue weighted by Crippen LogP contribution is -2.32. The lowest BCUT2D eigenvalue weighted by atomic mass is 10.3. The first-order chi connectivity index (χ1) is 16.6. The van der Waals surface area contributed by atoms with Crippen molar-refractivity contribution in [2.24, 2.45) is 21.1 Å². The van der Waals surface area contributed by atoms with Crippen molar-refractivity contribution < 1.29 is 19.2 Å². The molecule has 0 aliphatic heterocycles. The highest BCUT2D eigenvalue weighted by atomic mass is 16.2. The molecule has 3 rings (SSSR count). The number of carbonyl (C=O) groups excluding carboxylic acids is 4. The van der Waals surface area contributed by atoms with Crippen molar-refractivity contribution in [3.05, 3.63) is 47.9 Å². The van der Waals surface area contributed by atoms with Gasteiger partial charge < -0.3 is 39.9 Å². The Labute approximate surface area is 202 Å². The molecule has 0 atom stereocenters. The Morgan fingerprint density at radius 2 is 1.49 bits per heavy atom. The molecule has 3 aromatic rings. The molecule has 3 aromatic heterocycles. The number of hydrogen-bond acceptors (Lipinski definition) is 6. The molecule has 0 aliphatic carbocycles. The molecule has 0 aromatic carbocycles. The van der Waals surface area contributed by atoms with Crippen LogP contribution in [0.3, 0.4) is 0 Å². The van der Waals surface area contributed by atoms with Gasteiger partial charge in [0.05, 0.1) is 11.4 Å². The van der Waals surface area contributed by atoms with Crippen LogP contribution in [0.15, 0.2) is 30.7 Å². The van der Waals surface area contributed by atoms with Crippen LogP contribution < -0.4 is 21.3 Å². The molecule has 13 nitrogen and oxygen atoms in total. The van der Waals surface area contributed by atoms with Gasteiger partial charge in [-0.2, -0.15) is 0 Å². The van der Waals surface area contributed by atoms with Crippen LogP contribution in [0.4, 0.5) is 17.2 Å². The highest BCUT2D eigenvalue weighted by Gasteiger charge is 2.19. The van der Waals surface area contributed by atoms with E-state index in [4.69, 9.17) is 0 Å². The summed E-state index contributed by atoms with van der Waals surface area (Å²) in [5.41, 5.74) is 1.50. The van der Waals surface area contributed by atoms with E-state index in [0.29, 0.717) is 36.6 Å². The molecule has 35 heavy (non-hydrogen) atoms. The molecule has 0 fully saturated rings. The van der Waals surface area contributed by atoms with Gasteiger partial charge in [0.2, 0.25) is 12.2 Å². The Kier molecular flexibility index (Phi) is 7.71. The zero-order valence-electron chi connectivity index (χ0n) is 20.2. The van der Waals surface area contributed by atoms with Crippen molar-refractivity contribution in [3.8, 4) is 0 Å². The summed E-state index contributed by atoms with van der Waals surface area (Å²) in [6.07, 6.45) is 5.28. The molecular formula is C22H29N9O4. The first kappa shape index (κ1) is 25.2. The van der Waals surface area contributed by atoms with Crippen LogP contribution >= 0.6 is 0 Å². The number of anilines is 3. The van der Waals surface area contributed by atoms with E-state index >= 15 is 0 Å². The number of nitrogens with zero attached hydrogens (tertiary/aromatic N) is 5. The second kappa shape index (κ2) is 10.7. The van der Waals surface area contributed by atoms with E-state index in [9.17, 15) is 19.2 Å². The maximum atomic E-state index is 12.8. The molecule has 0 bridgehead atoms. The van der Waals surface area contributed by atoms with Gasteiger partial charge >= 0.3 is 0 Å². The standard InChI is InChI=1S/C22H29N9O4/c1-28(2)7-6-23-22(35)19-26-18(12-31(19)5)27-21(34)17-9-15(11-30(17)4)25-20(33)16-8-14(24-13-32)10-29(16)3/h8-13H,6-7H2,1-5H3,(H,23,35)(H,24,32)(H,25,33)(H,27,34). The molecule has 4 amide bonds. The molecule has 3 heterocycles. The summed E-state index contributed by atoms with van der Waals surface area (Å²) >= 11 is 0. The van der Waals surface area contributed by atoms with Gasteiger partial charge in [-0.25, -0.2) is 4.98 Å². The SMILES string of the molecule is CN(C)CCNC(=O)c1nc(NC(=O)c2cc(NC(=O)c3cc(NC=O)cn3C)cn2C)cn1C. The Hall–Kier alpha value is -4.39. The third-order valence-electron chi connectivity index (χ3n) is 5.12. The molecule has 4 N–H and O–H groups in total. The summed E-state index contributed by atoms with van der Waals surface area (Å²) in [6, 6.07) is 3.06. The lowest BCUT2D eigenvalue weighted by molar-refractivity contribution is -0.105. The molecule has 186 valence electrons. The number of aryl methyl sites for hydroxylation is 3. The van der Waals surface area contributed by atoms with Crippen LogP contribution in [-0.4, -0.2) is 74.9 Å². The molecule has 0 unspecified atom stereocenters. The Balaban J connectivity index is 1.66. The molecule has 0 spiro atoms. The van der Waals surface area contributed by atoms with Gasteiger partial charge in [-0.15, -0.1) is 0 Å². The van der Waals surface area contributed by atoms with Gasteiger partial charge in [-0.1, -0.05) is 0 Å². The van der Waals surface area contributed by atoms with Crippen LogP contribution in [-0.2, 0) is 25.9 Å². The number of amides is 4. The Morgan fingerprint density at radius 3 is 2.11 bits per heavy atom. The predicted octanol–water partition coefficient (Wildman–Crippen LogP) is 0.461. The molecule has 13 heteroatoms. The number of carbonyl (C=O) groups is 4. The van der Waals surface area contributed by atoms with Gasteiger partial charge in [0.25, 0.3) is 17.7 Å². The topological polar surface area (TPSA) is 147 Å². The lowest BCUT2D eigenvalue weighted by Gasteiger charge is -2.09. The van der Waals surface area contributed by atoms with Crippen molar-refractivity contribution in [1.82, 2.24) is 28.9 Å². The quantitative estimate of drug-likeness (QED) is 0.308. The summed E-state index contributed by atoms with van der Waals surface area (Å²) in [5, 5.41) is 10.7. The number of rotatable bonds is 10. The summed E-state index contributed by atoms with van der Waals surface area (Å²) in [6.45, 7) is 1.16. The molecule has 0 radical (unpaired) electrons. The van der Waals surface area contributed by atoms with E-state index in [0.717, 1.165) is 0 Å². The highest BCUT2D eigenvalue weighted by Crippen LogP contribution is 2.18. The second-order valence-electron chi connectivity index (χ2n) is 8.24. The number of nitrogens with one attached hydrogen (secondary N) is 4. The van der Waals surface area contributed by atoms with Crippen molar-refractivity contribution >= 4 is 41.3 Å². The zero-order valence-corrected chi connectivity index (χ0v) is 20.2. The van der Waals surface area contributed by atoms with E-state index < -0.39 is 11.8 Å². The fourth-order valence-corrected chi connectivity index (χ4v) is 3.38. The first-order valence-electron chi connectivity index (χ1n) is 10.7. The van der Waals surface area contributed by atoms with Gasteiger partial charge in [0, 0.05) is 52.8 Å². The van der Waals surface area contributed by atoms with Gasteiger partial charge in [0.1, 0.15) is 11.4 Å². The maximum absolute atomic E-state index is 12.8. The largest absolute Gasteiger partial charge is 0.348 e. The first-order valence-corrected chi connectivity index (χ1v) is 10.7. The summed E-state index contributed by atoms with van der Waals surface area (Å²) in [4.78, 5) is 54.6. The number of hydrogen-bond donors (Lipinski definition) is 4. The summed E-state index contributed by atoms with van der Waals surface area (Å²) in [7, 11) is 8.83. The minimum Gasteiger partial charge on any atom is -0.348 e. The van der Waals surface area contributed by atoms with Gasteiger partial charge in [0.15, 0.2) is 5.82 Å². The summed E-state index contributed by atoms with van der Waals surface area (Å²) in [5.74, 6) is -0.808. The Morgan fingerprint density at radius 1 is 0.886 bits per heavy atom. The van der Waals surface area contributed by atoms with E-state index in [1.807, 2.05) is 19.0 Å². The van der Waals surface area contributed by atoms with Crippen molar-refractivity contribution in [1.29, 1.82) is 0 Å². The van der Waals surface area contributed by atoms with E-state index in [-0.39, 0.29) is 23.2 Å². The van der Waals surface area contributed by atoms with Gasteiger partial charge in [-0.3, -0.25) is 19.2 Å². The molecule has 0 aliphatic rings. The van der Waals surface area contributed by atoms with E-state index in [1.54, 1.807) is 48.9 Å². The van der Waals surface area contributed by atoms with Crippen LogP contribution in [0.2, 0.25) is 0 Å². The van der Waals surface area contributed by atoms with E-state index in [2.05, 4.69) is 26.3 Å². The third kappa shape index (κ3) is 6.14. The minimum absolute atomic E-state index is 0.171. The van der Waals surface area contributed by atoms with Crippen LogP contribution in [0.25, 0.3) is 0 Å². The summed E-state index contributed by atoms with van der Waals surface area (Å²) < 4.78 is 4.67. The maximum Gasteiger partial charge on any atom is 0.287 e. The van der Waals surface area contributed by atoms with Crippen molar-refractivity contribution in [3.63, 3.8) is 0 Å². The number of imidazole rings is 1. The molecular weight excluding hydrogens is 454 g/mol. The van der Waals surface area contributed by atoms with Crippen LogP contribution in [0.5, 0.6) is 0 Å². The predicted molar refractivity (Wildman–Crippen MR) is 131 cm³/mol. The average molecular weight is 484 g/mol. The Bertz CT molecular complexity index is 1250. The zero-order chi connectivity index (χ0) is 25.7. The highest BCUT2D eigenvalue weighted by molar-refractivity contribution is 6.07. The normalized spacial score (nSPS) is 10.8. The molecule has 0 saturated carbocycles. The number of aromatic nitrogens is 4. The number of likely N-dealkylation sites (N-methyl/N-ethyl adjacent to an activating group) is 1. The van der Waals surface area contributed by atoms with E-state index in [1.165, 1.54) is 16.7 Å². The van der Waals surface area contributed by atoms with Gasteiger partial charge in [-0.05, 0) is 26.2 Å². The fraction of sp³-hybridized carbons (Fsp3) is 0.318. The monoisotopic (exact) mass is 483 g/mol. The van der Waals surface area contributed by atoms with Crippen LogP contribution in [0.1, 0.15) is 31.6 Å².